The van der Waals surface area contributed by atoms with Crippen molar-refractivity contribution in [1.29, 1.82) is 5.26 Å². The molecule has 1 aliphatic rings. The smallest absolute Gasteiger partial charge is 0.231 e. The minimum atomic E-state index is -0.440. The van der Waals surface area contributed by atoms with Gasteiger partial charge in [0.2, 0.25) is 5.91 Å². The zero-order valence-corrected chi connectivity index (χ0v) is 10.9. The molecule has 0 N–H and O–H groups in total. The van der Waals surface area contributed by atoms with E-state index in [1.54, 1.807) is 24.2 Å². The number of likely N-dealkylation sites (N-methyl/N-ethyl adjacent to an activating group) is 1. The summed E-state index contributed by atoms with van der Waals surface area (Å²) in [4.78, 5) is 21.3. The van der Waals surface area contributed by atoms with Gasteiger partial charge in [-0.25, -0.2) is 9.97 Å². The lowest BCUT2D eigenvalue weighted by Crippen LogP contribution is -2.20. The highest BCUT2D eigenvalue weighted by Gasteiger charge is 2.25. The fraction of sp³-hybridized carbons (Fsp3) is 0.200. The van der Waals surface area contributed by atoms with Gasteiger partial charge in [-0.2, -0.15) is 5.26 Å². The van der Waals surface area contributed by atoms with Crippen molar-refractivity contribution in [1.82, 2.24) is 9.97 Å². The molecule has 0 aliphatic carbocycles. The van der Waals surface area contributed by atoms with E-state index >= 15 is 0 Å². The van der Waals surface area contributed by atoms with Crippen molar-refractivity contribution in [2.24, 2.45) is 0 Å². The van der Waals surface area contributed by atoms with Crippen LogP contribution < -0.4 is 4.90 Å². The molecule has 20 heavy (non-hydrogen) atoms. The summed E-state index contributed by atoms with van der Waals surface area (Å²) in [5.74, 6) is -0.364. The molecule has 1 atom stereocenters. The van der Waals surface area contributed by atoms with Crippen LogP contribution >= 0.6 is 0 Å². The molecule has 0 bridgehead atoms. The Morgan fingerprint density at radius 3 is 2.95 bits per heavy atom. The Balaban J connectivity index is 2.02. The zero-order valence-electron chi connectivity index (χ0n) is 10.9. The first-order chi connectivity index (χ1) is 9.70. The molecule has 2 heterocycles. The molecule has 1 unspecified atom stereocenters. The molecule has 0 saturated heterocycles. The Bertz CT molecular complexity index is 706. The number of carbonyl (C=O) groups excluding carboxylic acids is 1. The molecule has 98 valence electrons. The van der Waals surface area contributed by atoms with E-state index in [1.807, 2.05) is 18.2 Å². The van der Waals surface area contributed by atoms with E-state index in [2.05, 4.69) is 16.0 Å². The molecule has 0 fully saturated rings. The number of amides is 1. The number of rotatable bonds is 2. The molecule has 1 aromatic carbocycles. The topological polar surface area (TPSA) is 69.9 Å². The second-order valence-corrected chi connectivity index (χ2v) is 4.71. The number of fused-ring (bicyclic) bond motifs is 1. The maximum atomic E-state index is 11.7. The number of nitriles is 1. The van der Waals surface area contributed by atoms with Crippen molar-refractivity contribution in [2.75, 3.05) is 11.9 Å². The average Bonchev–Trinajstić information content (AvgIpc) is 2.76. The lowest BCUT2D eigenvalue weighted by atomic mass is 9.94. The van der Waals surface area contributed by atoms with E-state index in [0.717, 1.165) is 16.8 Å². The predicted octanol–water partition coefficient (Wildman–Crippen LogP) is 1.65. The normalized spacial score (nSPS) is 14.8. The molecule has 0 saturated carbocycles. The summed E-state index contributed by atoms with van der Waals surface area (Å²) in [7, 11) is 1.76. The van der Waals surface area contributed by atoms with Gasteiger partial charge in [-0.3, -0.25) is 4.79 Å². The SMILES string of the molecule is CN1C(=O)Cc2cc(C(C#N)c3ccncn3)ccc21. The van der Waals surface area contributed by atoms with Crippen LogP contribution in [0.2, 0.25) is 0 Å². The Morgan fingerprint density at radius 1 is 1.40 bits per heavy atom. The second-order valence-electron chi connectivity index (χ2n) is 4.71. The highest BCUT2D eigenvalue weighted by molar-refractivity contribution is 6.00. The highest BCUT2D eigenvalue weighted by Crippen LogP contribution is 2.32. The molecule has 3 rings (SSSR count). The quantitative estimate of drug-likeness (QED) is 0.827. The summed E-state index contributed by atoms with van der Waals surface area (Å²) < 4.78 is 0. The first kappa shape index (κ1) is 12.3. The van der Waals surface area contributed by atoms with Crippen LogP contribution in [0.25, 0.3) is 0 Å². The largest absolute Gasteiger partial charge is 0.315 e. The molecule has 0 spiro atoms. The fourth-order valence-corrected chi connectivity index (χ4v) is 2.45. The molecular formula is C15H12N4O. The van der Waals surface area contributed by atoms with Gasteiger partial charge < -0.3 is 4.90 Å². The molecule has 1 aliphatic heterocycles. The second kappa shape index (κ2) is 4.74. The number of hydrogen-bond donors (Lipinski definition) is 0. The number of aromatic nitrogens is 2. The van der Waals surface area contributed by atoms with Gasteiger partial charge in [-0.05, 0) is 23.3 Å². The Kier molecular flexibility index (Phi) is 2.92. The molecule has 5 heteroatoms. The summed E-state index contributed by atoms with van der Waals surface area (Å²) in [6.45, 7) is 0. The van der Waals surface area contributed by atoms with Crippen molar-refractivity contribution in [2.45, 2.75) is 12.3 Å². The summed E-state index contributed by atoms with van der Waals surface area (Å²) >= 11 is 0. The molecule has 2 aromatic rings. The number of benzene rings is 1. The summed E-state index contributed by atoms with van der Waals surface area (Å²) in [5.41, 5.74) is 3.40. The number of anilines is 1. The van der Waals surface area contributed by atoms with Crippen LogP contribution in [-0.2, 0) is 11.2 Å². The van der Waals surface area contributed by atoms with Gasteiger partial charge >= 0.3 is 0 Å². The third-order valence-electron chi connectivity index (χ3n) is 3.54. The van der Waals surface area contributed by atoms with E-state index in [1.165, 1.54) is 6.33 Å². The first-order valence-electron chi connectivity index (χ1n) is 6.25. The van der Waals surface area contributed by atoms with Crippen molar-refractivity contribution in [3.05, 3.63) is 53.6 Å². The van der Waals surface area contributed by atoms with Crippen molar-refractivity contribution < 1.29 is 4.79 Å². The first-order valence-corrected chi connectivity index (χ1v) is 6.25. The van der Waals surface area contributed by atoms with Gasteiger partial charge in [0.25, 0.3) is 0 Å². The summed E-state index contributed by atoms with van der Waals surface area (Å²) in [5, 5.41) is 9.40. The third kappa shape index (κ3) is 1.91. The molecule has 0 radical (unpaired) electrons. The third-order valence-corrected chi connectivity index (χ3v) is 3.54. The van der Waals surface area contributed by atoms with Gasteiger partial charge in [0.1, 0.15) is 12.2 Å². The van der Waals surface area contributed by atoms with E-state index in [-0.39, 0.29) is 5.91 Å². The fourth-order valence-electron chi connectivity index (χ4n) is 2.45. The minimum Gasteiger partial charge on any atom is -0.315 e. The molecule has 1 amide bonds. The maximum absolute atomic E-state index is 11.7. The van der Waals surface area contributed by atoms with E-state index in [4.69, 9.17) is 0 Å². The summed E-state index contributed by atoms with van der Waals surface area (Å²) in [6.07, 6.45) is 3.45. The average molecular weight is 264 g/mol. The predicted molar refractivity (Wildman–Crippen MR) is 73.0 cm³/mol. The molecule has 5 nitrogen and oxygen atoms in total. The standard InChI is InChI=1S/C15H12N4O/c1-19-14-3-2-10(6-11(14)7-15(19)20)12(8-16)13-4-5-17-9-18-13/h2-6,9,12H,7H2,1H3. The lowest BCUT2D eigenvalue weighted by molar-refractivity contribution is -0.117. The van der Waals surface area contributed by atoms with Crippen molar-refractivity contribution in [3.63, 3.8) is 0 Å². The van der Waals surface area contributed by atoms with Crippen LogP contribution in [0, 0.1) is 11.3 Å². The van der Waals surface area contributed by atoms with Gasteiger partial charge in [0.15, 0.2) is 0 Å². The molecule has 1 aromatic heterocycles. The van der Waals surface area contributed by atoms with Crippen molar-refractivity contribution in [3.8, 4) is 6.07 Å². The lowest BCUT2D eigenvalue weighted by Gasteiger charge is -2.12. The van der Waals surface area contributed by atoms with Crippen molar-refractivity contribution >= 4 is 11.6 Å². The monoisotopic (exact) mass is 264 g/mol. The maximum Gasteiger partial charge on any atom is 0.231 e. The van der Waals surface area contributed by atoms with Crippen LogP contribution in [-0.4, -0.2) is 22.9 Å². The zero-order chi connectivity index (χ0) is 14.1. The van der Waals surface area contributed by atoms with Crippen LogP contribution in [0.1, 0.15) is 22.7 Å². The highest BCUT2D eigenvalue weighted by atomic mass is 16.2. The van der Waals surface area contributed by atoms with Gasteiger partial charge in [-0.1, -0.05) is 12.1 Å². The van der Waals surface area contributed by atoms with Gasteiger partial charge in [-0.15, -0.1) is 0 Å². The Hall–Kier alpha value is -2.74. The van der Waals surface area contributed by atoms with E-state index < -0.39 is 5.92 Å². The number of carbonyl (C=O) groups is 1. The van der Waals surface area contributed by atoms with Gasteiger partial charge in [0, 0.05) is 18.9 Å². The molecular weight excluding hydrogens is 252 g/mol. The van der Waals surface area contributed by atoms with Gasteiger partial charge in [0.05, 0.1) is 18.2 Å². The minimum absolute atomic E-state index is 0.0766. The van der Waals surface area contributed by atoms with E-state index in [9.17, 15) is 10.1 Å². The number of hydrogen-bond acceptors (Lipinski definition) is 4. The Morgan fingerprint density at radius 2 is 2.25 bits per heavy atom. The Labute approximate surface area is 116 Å². The van der Waals surface area contributed by atoms with E-state index in [0.29, 0.717) is 12.1 Å². The summed E-state index contributed by atoms with van der Waals surface area (Å²) in [6, 6.07) is 9.69. The van der Waals surface area contributed by atoms with Crippen LogP contribution in [0.5, 0.6) is 0 Å². The van der Waals surface area contributed by atoms with Crippen LogP contribution in [0.4, 0.5) is 5.69 Å². The van der Waals surface area contributed by atoms with Crippen LogP contribution in [0.3, 0.4) is 0 Å². The number of nitrogens with zero attached hydrogens (tertiary/aromatic N) is 4. The van der Waals surface area contributed by atoms with Crippen LogP contribution in [0.15, 0.2) is 36.8 Å².